The molecule has 2 unspecified atom stereocenters. The number of halogens is 1. The Morgan fingerprint density at radius 2 is 1.86 bits per heavy atom. The molecule has 0 N–H and O–H groups in total. The molecule has 0 aliphatic heterocycles. The molecule has 0 amide bonds. The first-order valence-electron chi connectivity index (χ1n) is 5.94. The van der Waals surface area contributed by atoms with Gasteiger partial charge >= 0.3 is 0 Å². The number of ether oxygens (including phenoxy) is 1. The third-order valence-corrected chi connectivity index (χ3v) is 4.61. The first kappa shape index (κ1) is 10.8. The van der Waals surface area contributed by atoms with Gasteiger partial charge in [0.25, 0.3) is 0 Å². The lowest BCUT2D eigenvalue weighted by atomic mass is 9.65. The number of alkyl halides is 1. The van der Waals surface area contributed by atoms with Crippen molar-refractivity contribution in [3.8, 4) is 0 Å². The van der Waals surface area contributed by atoms with E-state index in [1.165, 1.54) is 38.5 Å². The summed E-state index contributed by atoms with van der Waals surface area (Å²) in [6.45, 7) is 4.25. The van der Waals surface area contributed by atoms with Crippen molar-refractivity contribution in [2.45, 2.75) is 64.0 Å². The van der Waals surface area contributed by atoms with Gasteiger partial charge in [0.05, 0.1) is 6.10 Å². The van der Waals surface area contributed by atoms with Crippen LogP contribution < -0.4 is 0 Å². The van der Waals surface area contributed by atoms with Crippen LogP contribution in [0.3, 0.4) is 0 Å². The quantitative estimate of drug-likeness (QED) is 0.650. The lowest BCUT2D eigenvalue weighted by Gasteiger charge is -2.48. The summed E-state index contributed by atoms with van der Waals surface area (Å²) in [5.41, 5.74) is 0.458. The monoisotopic (exact) mass is 216 g/mol. The summed E-state index contributed by atoms with van der Waals surface area (Å²) >= 11 is 6.16. The van der Waals surface area contributed by atoms with E-state index in [1.807, 2.05) is 0 Å². The number of hydrogen-bond acceptors (Lipinski definition) is 1. The van der Waals surface area contributed by atoms with Gasteiger partial charge < -0.3 is 4.74 Å². The van der Waals surface area contributed by atoms with E-state index in [2.05, 4.69) is 13.8 Å². The first-order chi connectivity index (χ1) is 6.64. The summed E-state index contributed by atoms with van der Waals surface area (Å²) in [7, 11) is 0. The second-order valence-electron chi connectivity index (χ2n) is 5.33. The zero-order valence-electron chi connectivity index (χ0n) is 9.26. The normalized spacial score (nSPS) is 32.1. The zero-order chi connectivity index (χ0) is 10.2. The van der Waals surface area contributed by atoms with Gasteiger partial charge in [-0.3, -0.25) is 0 Å². The van der Waals surface area contributed by atoms with Crippen LogP contribution in [-0.2, 0) is 4.74 Å². The third kappa shape index (κ3) is 1.81. The van der Waals surface area contributed by atoms with E-state index >= 15 is 0 Å². The molecule has 2 fully saturated rings. The summed E-state index contributed by atoms with van der Waals surface area (Å²) in [5, 5.41) is 0. The van der Waals surface area contributed by atoms with Crippen molar-refractivity contribution in [1.82, 2.24) is 0 Å². The number of rotatable bonds is 3. The van der Waals surface area contributed by atoms with Gasteiger partial charge in [-0.1, -0.05) is 38.3 Å². The van der Waals surface area contributed by atoms with E-state index in [9.17, 15) is 0 Å². The van der Waals surface area contributed by atoms with E-state index in [1.54, 1.807) is 0 Å². The Bertz CT molecular complexity index is 196. The lowest BCUT2D eigenvalue weighted by Crippen LogP contribution is -2.46. The number of hydrogen-bond donors (Lipinski definition) is 0. The van der Waals surface area contributed by atoms with Crippen molar-refractivity contribution >= 4 is 11.6 Å². The topological polar surface area (TPSA) is 9.23 Å². The molecule has 0 aromatic carbocycles. The molecule has 2 atom stereocenters. The molecule has 1 nitrogen and oxygen atoms in total. The van der Waals surface area contributed by atoms with Crippen LogP contribution in [0.5, 0.6) is 0 Å². The average molecular weight is 217 g/mol. The molecule has 0 heterocycles. The second-order valence-corrected chi connectivity index (χ2v) is 5.76. The SMILES string of the molecule is CC(C)C(Cl)OC1CCC12CCCC2. The fourth-order valence-corrected chi connectivity index (χ4v) is 2.97. The lowest BCUT2D eigenvalue weighted by molar-refractivity contribution is -0.128. The van der Waals surface area contributed by atoms with Crippen LogP contribution in [0.1, 0.15) is 52.4 Å². The molecule has 0 saturated heterocycles. The van der Waals surface area contributed by atoms with E-state index in [0.717, 1.165) is 0 Å². The van der Waals surface area contributed by atoms with Crippen molar-refractivity contribution in [1.29, 1.82) is 0 Å². The van der Waals surface area contributed by atoms with E-state index in [0.29, 0.717) is 17.4 Å². The molecular formula is C12H21ClO. The van der Waals surface area contributed by atoms with Gasteiger partial charge in [-0.15, -0.1) is 0 Å². The van der Waals surface area contributed by atoms with Crippen LogP contribution in [0.4, 0.5) is 0 Å². The third-order valence-electron chi connectivity index (χ3n) is 4.01. The van der Waals surface area contributed by atoms with E-state index in [-0.39, 0.29) is 5.56 Å². The maximum absolute atomic E-state index is 6.16. The standard InChI is InChI=1S/C12H21ClO/c1-9(2)11(13)14-10-5-8-12(10)6-3-4-7-12/h9-11H,3-8H2,1-2H3. The zero-order valence-corrected chi connectivity index (χ0v) is 10.0. The van der Waals surface area contributed by atoms with Crippen molar-refractivity contribution in [2.75, 3.05) is 0 Å². The van der Waals surface area contributed by atoms with Gasteiger partial charge in [0.15, 0.2) is 0 Å². The molecular weight excluding hydrogens is 196 g/mol. The molecule has 0 bridgehead atoms. The van der Waals surface area contributed by atoms with Crippen molar-refractivity contribution in [3.05, 3.63) is 0 Å². The predicted octanol–water partition coefficient (Wildman–Crippen LogP) is 3.95. The summed E-state index contributed by atoms with van der Waals surface area (Å²) in [6.07, 6.45) is 8.62. The highest BCUT2D eigenvalue weighted by Crippen LogP contribution is 2.55. The minimum Gasteiger partial charge on any atom is -0.358 e. The predicted molar refractivity (Wildman–Crippen MR) is 59.5 cm³/mol. The van der Waals surface area contributed by atoms with Gasteiger partial charge in [-0.2, -0.15) is 0 Å². The minimum atomic E-state index is -0.0854. The maximum Gasteiger partial charge on any atom is 0.133 e. The van der Waals surface area contributed by atoms with Gasteiger partial charge in [0, 0.05) is 0 Å². The molecule has 2 saturated carbocycles. The molecule has 0 aromatic rings. The molecule has 2 heteroatoms. The van der Waals surface area contributed by atoms with Crippen molar-refractivity contribution < 1.29 is 4.74 Å². The average Bonchev–Trinajstić information content (AvgIpc) is 2.62. The van der Waals surface area contributed by atoms with Crippen LogP contribution in [0, 0.1) is 11.3 Å². The van der Waals surface area contributed by atoms with Crippen LogP contribution in [0.25, 0.3) is 0 Å². The maximum atomic E-state index is 6.16. The highest BCUT2D eigenvalue weighted by Gasteiger charge is 2.49. The molecule has 2 aliphatic rings. The highest BCUT2D eigenvalue weighted by molar-refractivity contribution is 6.19. The Hall–Kier alpha value is 0.250. The van der Waals surface area contributed by atoms with Crippen LogP contribution >= 0.6 is 11.6 Å². The van der Waals surface area contributed by atoms with E-state index in [4.69, 9.17) is 16.3 Å². The van der Waals surface area contributed by atoms with Gasteiger partial charge in [-0.25, -0.2) is 0 Å². The summed E-state index contributed by atoms with van der Waals surface area (Å²) < 4.78 is 5.95. The Morgan fingerprint density at radius 1 is 1.21 bits per heavy atom. The second kappa shape index (κ2) is 4.02. The Morgan fingerprint density at radius 3 is 2.29 bits per heavy atom. The fraction of sp³-hybridized carbons (Fsp3) is 1.00. The van der Waals surface area contributed by atoms with Crippen LogP contribution in [-0.4, -0.2) is 11.7 Å². The fourth-order valence-electron chi connectivity index (χ4n) is 2.85. The Kier molecular flexibility index (Phi) is 3.09. The van der Waals surface area contributed by atoms with Gasteiger partial charge in [0.2, 0.25) is 0 Å². The van der Waals surface area contributed by atoms with E-state index < -0.39 is 0 Å². The molecule has 2 aliphatic carbocycles. The molecule has 82 valence electrons. The van der Waals surface area contributed by atoms with Gasteiger partial charge in [0.1, 0.15) is 5.56 Å². The largest absolute Gasteiger partial charge is 0.358 e. The summed E-state index contributed by atoms with van der Waals surface area (Å²) in [5.74, 6) is 0.427. The minimum absolute atomic E-state index is 0.0854. The summed E-state index contributed by atoms with van der Waals surface area (Å²) in [4.78, 5) is 0. The smallest absolute Gasteiger partial charge is 0.133 e. The molecule has 14 heavy (non-hydrogen) atoms. The van der Waals surface area contributed by atoms with Crippen LogP contribution in [0.15, 0.2) is 0 Å². The molecule has 0 radical (unpaired) electrons. The Balaban J connectivity index is 1.87. The molecule has 1 spiro atoms. The summed E-state index contributed by atoms with van der Waals surface area (Å²) in [6, 6.07) is 0. The Labute approximate surface area is 92.2 Å². The molecule has 0 aromatic heterocycles. The first-order valence-corrected chi connectivity index (χ1v) is 6.37. The van der Waals surface area contributed by atoms with Crippen LogP contribution in [0.2, 0.25) is 0 Å². The van der Waals surface area contributed by atoms with Gasteiger partial charge in [-0.05, 0) is 37.0 Å². The molecule has 2 rings (SSSR count). The highest BCUT2D eigenvalue weighted by atomic mass is 35.5. The van der Waals surface area contributed by atoms with Crippen molar-refractivity contribution in [2.24, 2.45) is 11.3 Å². The van der Waals surface area contributed by atoms with Crippen molar-refractivity contribution in [3.63, 3.8) is 0 Å².